The van der Waals surface area contributed by atoms with Crippen molar-refractivity contribution in [3.05, 3.63) is 65.7 Å². The smallest absolute Gasteiger partial charge is 0.266 e. The molecule has 0 bridgehead atoms. The normalized spacial score (nSPS) is 20.2. The molecule has 1 heterocycles. The van der Waals surface area contributed by atoms with Gasteiger partial charge in [-0.3, -0.25) is 4.79 Å². The monoisotopic (exact) mass is 388 g/mol. The van der Waals surface area contributed by atoms with E-state index in [1.807, 2.05) is 54.6 Å². The highest BCUT2D eigenvalue weighted by molar-refractivity contribution is 5.85. The van der Waals surface area contributed by atoms with Gasteiger partial charge in [-0.05, 0) is 44.4 Å². The summed E-state index contributed by atoms with van der Waals surface area (Å²) in [6, 6.07) is 18.3. The summed E-state index contributed by atoms with van der Waals surface area (Å²) in [5.41, 5.74) is 1.98. The number of ether oxygens (including phenoxy) is 1. The molecule has 4 nitrogen and oxygen atoms in total. The number of benzene rings is 2. The molecular formula is C22H29ClN2O2. The van der Waals surface area contributed by atoms with E-state index in [0.717, 1.165) is 42.7 Å². The van der Waals surface area contributed by atoms with E-state index in [1.165, 1.54) is 0 Å². The lowest BCUT2D eigenvalue weighted by molar-refractivity contribution is -0.129. The van der Waals surface area contributed by atoms with Gasteiger partial charge in [-0.1, -0.05) is 55.5 Å². The van der Waals surface area contributed by atoms with E-state index in [1.54, 1.807) is 0 Å². The minimum atomic E-state index is -0.644. The van der Waals surface area contributed by atoms with E-state index in [4.69, 9.17) is 4.74 Å². The number of hydrogen-bond donors (Lipinski definition) is 2. The predicted octanol–water partition coefficient (Wildman–Crippen LogP) is 4.05. The van der Waals surface area contributed by atoms with Crippen molar-refractivity contribution in [3.8, 4) is 5.75 Å². The molecule has 146 valence electrons. The van der Waals surface area contributed by atoms with Gasteiger partial charge < -0.3 is 15.4 Å². The zero-order chi connectivity index (χ0) is 18.4. The molecule has 0 aromatic heterocycles. The number of piperidine rings is 1. The summed E-state index contributed by atoms with van der Waals surface area (Å²) in [7, 11) is 0. The Morgan fingerprint density at radius 1 is 1.19 bits per heavy atom. The molecule has 0 spiro atoms. The van der Waals surface area contributed by atoms with Crippen LogP contribution in [0.25, 0.3) is 0 Å². The summed E-state index contributed by atoms with van der Waals surface area (Å²) < 4.78 is 6.23. The van der Waals surface area contributed by atoms with Gasteiger partial charge >= 0.3 is 0 Å². The molecule has 5 heteroatoms. The highest BCUT2D eigenvalue weighted by Crippen LogP contribution is 2.26. The predicted molar refractivity (Wildman–Crippen MR) is 112 cm³/mol. The van der Waals surface area contributed by atoms with Crippen LogP contribution in [0.2, 0.25) is 0 Å². The van der Waals surface area contributed by atoms with Crippen molar-refractivity contribution in [1.82, 2.24) is 10.6 Å². The second-order valence-electron chi connectivity index (χ2n) is 6.95. The Hall–Kier alpha value is -2.04. The molecule has 3 unspecified atom stereocenters. The average molecular weight is 389 g/mol. The lowest BCUT2D eigenvalue weighted by atomic mass is 9.99. The van der Waals surface area contributed by atoms with E-state index in [-0.39, 0.29) is 24.4 Å². The average Bonchev–Trinajstić information content (AvgIpc) is 2.67. The standard InChI is InChI=1S/C22H28N2O2.ClH/c1-3-17-9-7-8-12-20(17)26-21(18-10-5-4-6-11-18)22(25)24-19-13-14-23-16(2)15-19;/h4-12,16,19,21,23H,3,13-15H2,1-2H3,(H,24,25);1H. The maximum absolute atomic E-state index is 13.1. The van der Waals surface area contributed by atoms with Gasteiger partial charge in [0.25, 0.3) is 5.91 Å². The Kier molecular flexibility index (Phi) is 8.14. The van der Waals surface area contributed by atoms with E-state index in [9.17, 15) is 4.79 Å². The number of carbonyl (C=O) groups excluding carboxylic acids is 1. The zero-order valence-electron chi connectivity index (χ0n) is 16.0. The van der Waals surface area contributed by atoms with E-state index < -0.39 is 6.10 Å². The third-order valence-corrected chi connectivity index (χ3v) is 4.91. The highest BCUT2D eigenvalue weighted by Gasteiger charge is 2.27. The van der Waals surface area contributed by atoms with Crippen molar-refractivity contribution in [2.45, 2.75) is 51.3 Å². The van der Waals surface area contributed by atoms with Crippen LogP contribution in [0, 0.1) is 0 Å². The summed E-state index contributed by atoms with van der Waals surface area (Å²) >= 11 is 0. The quantitative estimate of drug-likeness (QED) is 0.784. The van der Waals surface area contributed by atoms with Gasteiger partial charge in [-0.2, -0.15) is 0 Å². The number of carbonyl (C=O) groups is 1. The molecule has 2 aromatic carbocycles. The molecule has 1 aliphatic heterocycles. The SMILES string of the molecule is CCc1ccccc1OC(C(=O)NC1CCNC(C)C1)c1ccccc1.Cl. The largest absolute Gasteiger partial charge is 0.476 e. The second-order valence-corrected chi connectivity index (χ2v) is 6.95. The Balaban J connectivity index is 0.00000261. The Labute approximate surface area is 168 Å². The van der Waals surface area contributed by atoms with Crippen molar-refractivity contribution >= 4 is 18.3 Å². The summed E-state index contributed by atoms with van der Waals surface area (Å²) in [4.78, 5) is 13.1. The van der Waals surface area contributed by atoms with Crippen molar-refractivity contribution in [2.24, 2.45) is 0 Å². The molecule has 0 radical (unpaired) electrons. The lowest BCUT2D eigenvalue weighted by Crippen LogP contribution is -2.48. The van der Waals surface area contributed by atoms with Crippen LogP contribution in [0.3, 0.4) is 0 Å². The molecule has 1 saturated heterocycles. The first-order valence-corrected chi connectivity index (χ1v) is 9.50. The van der Waals surface area contributed by atoms with Crippen LogP contribution in [0.15, 0.2) is 54.6 Å². The van der Waals surface area contributed by atoms with Gasteiger partial charge in [-0.25, -0.2) is 0 Å². The van der Waals surface area contributed by atoms with E-state index >= 15 is 0 Å². The van der Waals surface area contributed by atoms with Gasteiger partial charge in [0.2, 0.25) is 6.10 Å². The lowest BCUT2D eigenvalue weighted by Gasteiger charge is -2.30. The maximum atomic E-state index is 13.1. The number of nitrogens with one attached hydrogen (secondary N) is 2. The van der Waals surface area contributed by atoms with Crippen LogP contribution in [0.5, 0.6) is 5.75 Å². The Morgan fingerprint density at radius 2 is 1.89 bits per heavy atom. The molecule has 27 heavy (non-hydrogen) atoms. The van der Waals surface area contributed by atoms with Gasteiger partial charge in [0, 0.05) is 17.6 Å². The second kappa shape index (κ2) is 10.3. The van der Waals surface area contributed by atoms with Crippen LogP contribution < -0.4 is 15.4 Å². The molecule has 2 aromatic rings. The maximum Gasteiger partial charge on any atom is 0.266 e. The van der Waals surface area contributed by atoms with Gasteiger partial charge in [0.1, 0.15) is 5.75 Å². The van der Waals surface area contributed by atoms with E-state index in [0.29, 0.717) is 6.04 Å². The summed E-state index contributed by atoms with van der Waals surface area (Å²) in [6.07, 6.45) is 2.11. The van der Waals surface area contributed by atoms with Crippen LogP contribution in [-0.2, 0) is 11.2 Å². The van der Waals surface area contributed by atoms with Crippen molar-refractivity contribution in [1.29, 1.82) is 0 Å². The first-order valence-electron chi connectivity index (χ1n) is 9.50. The minimum absolute atomic E-state index is 0. The number of rotatable bonds is 6. The third-order valence-electron chi connectivity index (χ3n) is 4.91. The van der Waals surface area contributed by atoms with Gasteiger partial charge in [0.05, 0.1) is 0 Å². The topological polar surface area (TPSA) is 50.4 Å². The van der Waals surface area contributed by atoms with Gasteiger partial charge in [0.15, 0.2) is 0 Å². The molecule has 0 saturated carbocycles. The van der Waals surface area contributed by atoms with Crippen molar-refractivity contribution < 1.29 is 9.53 Å². The Morgan fingerprint density at radius 3 is 2.59 bits per heavy atom. The molecule has 1 amide bonds. The van der Waals surface area contributed by atoms with Gasteiger partial charge in [-0.15, -0.1) is 12.4 Å². The molecule has 1 aliphatic rings. The summed E-state index contributed by atoms with van der Waals surface area (Å²) in [5.74, 6) is 0.707. The highest BCUT2D eigenvalue weighted by atomic mass is 35.5. The fraction of sp³-hybridized carbons (Fsp3) is 0.409. The molecule has 3 rings (SSSR count). The van der Waals surface area contributed by atoms with E-state index in [2.05, 4.69) is 24.5 Å². The van der Waals surface area contributed by atoms with Crippen LogP contribution in [0.1, 0.15) is 43.9 Å². The first-order chi connectivity index (χ1) is 12.7. The summed E-state index contributed by atoms with van der Waals surface area (Å²) in [5, 5.41) is 6.62. The van der Waals surface area contributed by atoms with Crippen LogP contribution in [0.4, 0.5) is 0 Å². The zero-order valence-corrected chi connectivity index (χ0v) is 16.8. The molecule has 2 N–H and O–H groups in total. The number of hydrogen-bond acceptors (Lipinski definition) is 3. The molecule has 1 fully saturated rings. The summed E-state index contributed by atoms with van der Waals surface area (Å²) in [6.45, 7) is 5.18. The molecule has 3 atom stereocenters. The number of halogens is 1. The van der Waals surface area contributed by atoms with Crippen molar-refractivity contribution in [2.75, 3.05) is 6.54 Å². The molecule has 0 aliphatic carbocycles. The number of para-hydroxylation sites is 1. The van der Waals surface area contributed by atoms with Crippen LogP contribution in [-0.4, -0.2) is 24.5 Å². The number of amides is 1. The fourth-order valence-electron chi connectivity index (χ4n) is 3.48. The van der Waals surface area contributed by atoms with Crippen molar-refractivity contribution in [3.63, 3.8) is 0 Å². The number of aryl methyl sites for hydroxylation is 1. The first kappa shape index (κ1) is 21.3. The third kappa shape index (κ3) is 5.72. The fourth-order valence-corrected chi connectivity index (χ4v) is 3.48. The Bertz CT molecular complexity index is 723. The minimum Gasteiger partial charge on any atom is -0.476 e. The van der Waals surface area contributed by atoms with Crippen LogP contribution >= 0.6 is 12.4 Å². The molecular weight excluding hydrogens is 360 g/mol.